The molecule has 0 N–H and O–H groups in total. The van der Waals surface area contributed by atoms with Crippen molar-refractivity contribution in [3.8, 4) is 0 Å². The van der Waals surface area contributed by atoms with Gasteiger partial charge in [0.25, 0.3) is 5.91 Å². The minimum Gasteiger partial charge on any atom is -0.450 e. The molecule has 2 aromatic rings. The van der Waals surface area contributed by atoms with Gasteiger partial charge in [-0.3, -0.25) is 14.6 Å². The Labute approximate surface area is 211 Å². The molecule has 1 aromatic heterocycles. The van der Waals surface area contributed by atoms with Crippen molar-refractivity contribution in [1.82, 2.24) is 19.7 Å². The summed E-state index contributed by atoms with van der Waals surface area (Å²) in [5.74, 6) is 0.840. The number of likely N-dealkylation sites (tertiary alicyclic amines) is 1. The van der Waals surface area contributed by atoms with Crippen LogP contribution in [0, 0.1) is 11.3 Å². The first-order valence-corrected chi connectivity index (χ1v) is 13.4. The number of hydrogen-bond acceptors (Lipinski definition) is 5. The molecule has 3 amide bonds. The molecule has 1 spiro atoms. The van der Waals surface area contributed by atoms with E-state index in [1.54, 1.807) is 11.8 Å². The molecule has 8 nitrogen and oxygen atoms in total. The number of aromatic nitrogens is 1. The number of fused-ring (bicyclic) bond motifs is 1. The van der Waals surface area contributed by atoms with Gasteiger partial charge in [0.2, 0.25) is 5.91 Å². The van der Waals surface area contributed by atoms with E-state index in [0.29, 0.717) is 51.8 Å². The van der Waals surface area contributed by atoms with Crippen molar-refractivity contribution >= 4 is 28.8 Å². The van der Waals surface area contributed by atoms with Gasteiger partial charge in [0, 0.05) is 62.2 Å². The summed E-state index contributed by atoms with van der Waals surface area (Å²) >= 11 is 0. The predicted octanol–water partition coefficient (Wildman–Crippen LogP) is 3.66. The highest BCUT2D eigenvalue weighted by molar-refractivity contribution is 6.06. The van der Waals surface area contributed by atoms with Gasteiger partial charge in [-0.2, -0.15) is 0 Å². The second-order valence-corrected chi connectivity index (χ2v) is 10.8. The Balaban J connectivity index is 1.08. The summed E-state index contributed by atoms with van der Waals surface area (Å²) in [6, 6.07) is 9.96. The van der Waals surface area contributed by atoms with Gasteiger partial charge in [0.1, 0.15) is 0 Å². The lowest BCUT2D eigenvalue weighted by molar-refractivity contribution is -0.135. The second kappa shape index (κ2) is 9.05. The van der Waals surface area contributed by atoms with E-state index in [9.17, 15) is 14.4 Å². The number of para-hydroxylation sites is 1. The number of benzene rings is 1. The van der Waals surface area contributed by atoms with Crippen LogP contribution in [0.25, 0.3) is 10.9 Å². The lowest BCUT2D eigenvalue weighted by Crippen LogP contribution is -2.51. The molecular formula is C28H34N4O4. The SMILES string of the molecule is CCOC(=O)N1CCN(C(=O)C2CC23CCN(C(=O)c2cc(C4CC4)nc4ccccc24)CC3)CC1. The van der Waals surface area contributed by atoms with Gasteiger partial charge in [0.05, 0.1) is 17.7 Å². The second-order valence-electron chi connectivity index (χ2n) is 10.8. The summed E-state index contributed by atoms with van der Waals surface area (Å²) in [6.45, 7) is 5.71. The number of hydrogen-bond donors (Lipinski definition) is 0. The summed E-state index contributed by atoms with van der Waals surface area (Å²) in [4.78, 5) is 49.2. The fourth-order valence-corrected chi connectivity index (χ4v) is 6.08. The maximum absolute atomic E-state index is 13.6. The third-order valence-corrected chi connectivity index (χ3v) is 8.61. The van der Waals surface area contributed by atoms with Crippen LogP contribution >= 0.6 is 0 Å². The van der Waals surface area contributed by atoms with Crippen molar-refractivity contribution in [2.75, 3.05) is 45.9 Å². The van der Waals surface area contributed by atoms with E-state index in [1.807, 2.05) is 40.1 Å². The van der Waals surface area contributed by atoms with Crippen LogP contribution < -0.4 is 0 Å². The van der Waals surface area contributed by atoms with Gasteiger partial charge in [-0.25, -0.2) is 4.79 Å². The Kier molecular flexibility index (Phi) is 5.85. The Morgan fingerprint density at radius 3 is 2.36 bits per heavy atom. The zero-order valence-corrected chi connectivity index (χ0v) is 20.9. The molecular weight excluding hydrogens is 456 g/mol. The van der Waals surface area contributed by atoms with E-state index < -0.39 is 0 Å². The average molecular weight is 491 g/mol. The van der Waals surface area contributed by atoms with Crippen molar-refractivity contribution in [3.63, 3.8) is 0 Å². The molecule has 4 fully saturated rings. The number of ether oxygens (including phenoxy) is 1. The molecule has 8 heteroatoms. The summed E-state index contributed by atoms with van der Waals surface area (Å²) in [7, 11) is 0. The fourth-order valence-electron chi connectivity index (χ4n) is 6.08. The minimum absolute atomic E-state index is 0.0334. The van der Waals surface area contributed by atoms with E-state index in [-0.39, 0.29) is 29.2 Å². The van der Waals surface area contributed by atoms with E-state index in [4.69, 9.17) is 9.72 Å². The zero-order valence-electron chi connectivity index (χ0n) is 20.9. The Morgan fingerprint density at radius 1 is 0.972 bits per heavy atom. The molecule has 2 saturated carbocycles. The highest BCUT2D eigenvalue weighted by Crippen LogP contribution is 2.60. The van der Waals surface area contributed by atoms with Crippen molar-refractivity contribution in [2.24, 2.45) is 11.3 Å². The number of nitrogens with zero attached hydrogens (tertiary/aromatic N) is 4. The van der Waals surface area contributed by atoms with Crippen LogP contribution in [0.1, 0.15) is 61.0 Å². The van der Waals surface area contributed by atoms with Gasteiger partial charge in [-0.1, -0.05) is 18.2 Å². The number of piperidine rings is 1. The number of pyridine rings is 1. The number of carbonyl (C=O) groups excluding carboxylic acids is 3. The first-order valence-electron chi connectivity index (χ1n) is 13.4. The standard InChI is InChI=1S/C28H34N4O4/c1-2-36-27(35)32-15-13-31(14-16-32)26(34)22-18-28(22)9-11-30(12-10-28)25(33)21-17-24(19-7-8-19)29-23-6-4-3-5-20(21)23/h3-6,17,19,22H,2,7-16,18H2,1H3. The van der Waals surface area contributed by atoms with Gasteiger partial charge < -0.3 is 19.4 Å². The number of piperazine rings is 1. The zero-order chi connectivity index (χ0) is 24.9. The van der Waals surface area contributed by atoms with Crippen LogP contribution in [0.4, 0.5) is 4.79 Å². The minimum atomic E-state index is -0.296. The first kappa shape index (κ1) is 23.3. The van der Waals surface area contributed by atoms with E-state index in [2.05, 4.69) is 0 Å². The quantitative estimate of drug-likeness (QED) is 0.653. The maximum atomic E-state index is 13.6. The van der Waals surface area contributed by atoms with E-state index in [1.165, 1.54) is 0 Å². The summed E-state index contributed by atoms with van der Waals surface area (Å²) < 4.78 is 5.08. The number of carbonyl (C=O) groups is 3. The molecule has 2 aliphatic heterocycles. The van der Waals surface area contributed by atoms with Crippen LogP contribution in [0.15, 0.2) is 30.3 Å². The third kappa shape index (κ3) is 4.20. The molecule has 4 aliphatic rings. The first-order chi connectivity index (χ1) is 17.5. The lowest BCUT2D eigenvalue weighted by Gasteiger charge is -2.36. The summed E-state index contributed by atoms with van der Waals surface area (Å²) in [6.07, 6.45) is 4.66. The topological polar surface area (TPSA) is 83.0 Å². The molecule has 1 unspecified atom stereocenters. The van der Waals surface area contributed by atoms with Crippen LogP contribution in [0.5, 0.6) is 0 Å². The smallest absolute Gasteiger partial charge is 0.409 e. The van der Waals surface area contributed by atoms with Gasteiger partial charge in [0.15, 0.2) is 0 Å². The molecule has 6 rings (SSSR count). The lowest BCUT2D eigenvalue weighted by atomic mass is 9.90. The molecule has 1 atom stereocenters. The van der Waals surface area contributed by atoms with E-state index in [0.717, 1.165) is 54.3 Å². The van der Waals surface area contributed by atoms with Crippen LogP contribution in [-0.2, 0) is 9.53 Å². The van der Waals surface area contributed by atoms with Crippen molar-refractivity contribution < 1.29 is 19.1 Å². The molecule has 36 heavy (non-hydrogen) atoms. The normalized spacial score (nSPS) is 23.1. The summed E-state index contributed by atoms with van der Waals surface area (Å²) in [5.41, 5.74) is 2.74. The van der Waals surface area contributed by atoms with Crippen molar-refractivity contribution in [2.45, 2.75) is 44.9 Å². The molecule has 0 bridgehead atoms. The molecule has 2 saturated heterocycles. The van der Waals surface area contributed by atoms with Crippen LogP contribution in [0.2, 0.25) is 0 Å². The maximum Gasteiger partial charge on any atom is 0.409 e. The number of amides is 3. The summed E-state index contributed by atoms with van der Waals surface area (Å²) in [5, 5.41) is 0.925. The molecule has 3 heterocycles. The predicted molar refractivity (Wildman–Crippen MR) is 135 cm³/mol. The Hall–Kier alpha value is -3.16. The third-order valence-electron chi connectivity index (χ3n) is 8.61. The largest absolute Gasteiger partial charge is 0.450 e. The average Bonchev–Trinajstić information content (AvgIpc) is 3.85. The molecule has 0 radical (unpaired) electrons. The van der Waals surface area contributed by atoms with Crippen LogP contribution in [-0.4, -0.2) is 83.5 Å². The fraction of sp³-hybridized carbons (Fsp3) is 0.571. The Morgan fingerprint density at radius 2 is 1.67 bits per heavy atom. The van der Waals surface area contributed by atoms with Gasteiger partial charge in [-0.15, -0.1) is 0 Å². The molecule has 2 aliphatic carbocycles. The van der Waals surface area contributed by atoms with E-state index >= 15 is 0 Å². The Bertz CT molecular complexity index is 1190. The van der Waals surface area contributed by atoms with Crippen LogP contribution in [0.3, 0.4) is 0 Å². The molecule has 1 aromatic carbocycles. The molecule has 190 valence electrons. The van der Waals surface area contributed by atoms with Gasteiger partial charge >= 0.3 is 6.09 Å². The highest BCUT2D eigenvalue weighted by atomic mass is 16.6. The van der Waals surface area contributed by atoms with Crippen molar-refractivity contribution in [1.29, 1.82) is 0 Å². The number of rotatable bonds is 4. The van der Waals surface area contributed by atoms with Gasteiger partial charge in [-0.05, 0) is 56.6 Å². The van der Waals surface area contributed by atoms with Crippen molar-refractivity contribution in [3.05, 3.63) is 41.6 Å². The highest BCUT2D eigenvalue weighted by Gasteiger charge is 2.59. The monoisotopic (exact) mass is 490 g/mol.